The number of amides is 1. The SMILES string of the molecule is CC(C)N(C(=O)C(=O)c1c[nH]c2cccc(OCc3ccccc3)c12)C(C)C. The molecular formula is C23H26N2O3. The summed E-state index contributed by atoms with van der Waals surface area (Å²) in [5, 5.41) is 0.643. The van der Waals surface area contributed by atoms with E-state index in [1.54, 1.807) is 11.1 Å². The molecule has 0 atom stereocenters. The van der Waals surface area contributed by atoms with Crippen LogP contribution in [0.5, 0.6) is 5.75 Å². The molecule has 0 aliphatic carbocycles. The topological polar surface area (TPSA) is 62.4 Å². The van der Waals surface area contributed by atoms with Gasteiger partial charge in [-0.3, -0.25) is 9.59 Å². The smallest absolute Gasteiger partial charge is 0.295 e. The first-order valence-corrected chi connectivity index (χ1v) is 9.54. The maximum atomic E-state index is 13.0. The van der Waals surface area contributed by atoms with Crippen LogP contribution in [-0.4, -0.2) is 33.7 Å². The number of hydrogen-bond donors (Lipinski definition) is 1. The Morgan fingerprint density at radius 3 is 2.29 bits per heavy atom. The second kappa shape index (κ2) is 8.30. The Morgan fingerprint density at radius 1 is 0.964 bits per heavy atom. The molecule has 5 heteroatoms. The summed E-state index contributed by atoms with van der Waals surface area (Å²) in [6.45, 7) is 8.03. The third-order valence-corrected chi connectivity index (χ3v) is 4.69. The molecule has 0 bridgehead atoms. The van der Waals surface area contributed by atoms with E-state index in [1.165, 1.54) is 0 Å². The van der Waals surface area contributed by atoms with Gasteiger partial charge in [-0.25, -0.2) is 0 Å². The Hall–Kier alpha value is -3.08. The number of benzene rings is 2. The van der Waals surface area contributed by atoms with E-state index in [1.807, 2.05) is 76.2 Å². The van der Waals surface area contributed by atoms with Crippen LogP contribution in [0.3, 0.4) is 0 Å². The van der Waals surface area contributed by atoms with Crippen LogP contribution in [0.2, 0.25) is 0 Å². The molecule has 1 heterocycles. The maximum absolute atomic E-state index is 13.0. The Labute approximate surface area is 165 Å². The molecular weight excluding hydrogens is 352 g/mol. The summed E-state index contributed by atoms with van der Waals surface area (Å²) in [6, 6.07) is 15.3. The molecule has 0 aliphatic rings. The van der Waals surface area contributed by atoms with Crippen molar-refractivity contribution >= 4 is 22.6 Å². The van der Waals surface area contributed by atoms with Gasteiger partial charge in [-0.1, -0.05) is 36.4 Å². The van der Waals surface area contributed by atoms with Crippen LogP contribution < -0.4 is 4.74 Å². The van der Waals surface area contributed by atoms with Crippen LogP contribution >= 0.6 is 0 Å². The van der Waals surface area contributed by atoms with E-state index in [2.05, 4.69) is 4.98 Å². The number of rotatable bonds is 7. The van der Waals surface area contributed by atoms with Gasteiger partial charge >= 0.3 is 0 Å². The predicted molar refractivity (Wildman–Crippen MR) is 111 cm³/mol. The van der Waals surface area contributed by atoms with E-state index in [0.717, 1.165) is 11.1 Å². The molecule has 3 aromatic rings. The summed E-state index contributed by atoms with van der Waals surface area (Å²) in [5.41, 5.74) is 2.14. The number of carbonyl (C=O) groups excluding carboxylic acids is 2. The minimum absolute atomic E-state index is 0.0598. The lowest BCUT2D eigenvalue weighted by atomic mass is 10.1. The average molecular weight is 378 g/mol. The van der Waals surface area contributed by atoms with Gasteiger partial charge in [0.1, 0.15) is 12.4 Å². The van der Waals surface area contributed by atoms with Crippen LogP contribution in [0.15, 0.2) is 54.7 Å². The van der Waals surface area contributed by atoms with Crippen molar-refractivity contribution in [2.45, 2.75) is 46.4 Å². The van der Waals surface area contributed by atoms with E-state index in [0.29, 0.717) is 23.3 Å². The number of hydrogen-bond acceptors (Lipinski definition) is 3. The summed E-state index contributed by atoms with van der Waals surface area (Å²) in [5.74, 6) is -0.437. The van der Waals surface area contributed by atoms with Gasteiger partial charge in [-0.2, -0.15) is 0 Å². The van der Waals surface area contributed by atoms with Crippen LogP contribution in [0.1, 0.15) is 43.6 Å². The summed E-state index contributed by atoms with van der Waals surface area (Å²) in [4.78, 5) is 30.6. The highest BCUT2D eigenvalue weighted by atomic mass is 16.5. The largest absolute Gasteiger partial charge is 0.488 e. The van der Waals surface area contributed by atoms with Gasteiger partial charge < -0.3 is 14.6 Å². The number of nitrogens with one attached hydrogen (secondary N) is 1. The molecule has 1 aromatic heterocycles. The van der Waals surface area contributed by atoms with Gasteiger partial charge in [0.2, 0.25) is 0 Å². The third-order valence-electron chi connectivity index (χ3n) is 4.69. The van der Waals surface area contributed by atoms with E-state index >= 15 is 0 Å². The van der Waals surface area contributed by atoms with E-state index in [9.17, 15) is 9.59 Å². The molecule has 1 amide bonds. The van der Waals surface area contributed by atoms with Crippen molar-refractivity contribution in [3.8, 4) is 5.75 Å². The maximum Gasteiger partial charge on any atom is 0.295 e. The summed E-state index contributed by atoms with van der Waals surface area (Å²) < 4.78 is 5.99. The molecule has 5 nitrogen and oxygen atoms in total. The van der Waals surface area contributed by atoms with E-state index in [4.69, 9.17) is 4.74 Å². The van der Waals surface area contributed by atoms with E-state index < -0.39 is 11.7 Å². The fourth-order valence-corrected chi connectivity index (χ4v) is 3.48. The molecule has 1 N–H and O–H groups in total. The number of fused-ring (bicyclic) bond motifs is 1. The molecule has 146 valence electrons. The predicted octanol–water partition coefficient (Wildman–Crippen LogP) is 4.58. The molecule has 0 fully saturated rings. The van der Waals surface area contributed by atoms with Crippen molar-refractivity contribution in [1.29, 1.82) is 0 Å². The normalized spacial score (nSPS) is 11.2. The second-order valence-corrected chi connectivity index (χ2v) is 7.38. The third kappa shape index (κ3) is 3.93. The number of carbonyl (C=O) groups is 2. The Bertz CT molecular complexity index is 966. The zero-order valence-electron chi connectivity index (χ0n) is 16.7. The standard InChI is InChI=1S/C23H26N2O3/c1-15(2)25(16(3)4)23(27)22(26)18-13-24-19-11-8-12-20(21(18)19)28-14-17-9-6-5-7-10-17/h5-13,15-16,24H,14H2,1-4H3. The fourth-order valence-electron chi connectivity index (χ4n) is 3.48. The van der Waals surface area contributed by atoms with E-state index in [-0.39, 0.29) is 12.1 Å². The molecule has 0 radical (unpaired) electrons. The van der Waals surface area contributed by atoms with Gasteiger partial charge in [0.25, 0.3) is 11.7 Å². The molecule has 0 saturated heterocycles. The first kappa shape index (κ1) is 19.7. The van der Waals surface area contributed by atoms with Gasteiger partial charge in [-0.05, 0) is 45.4 Å². The number of nitrogens with zero attached hydrogens (tertiary/aromatic N) is 1. The Kier molecular flexibility index (Phi) is 5.83. The highest BCUT2D eigenvalue weighted by Gasteiger charge is 2.29. The fraction of sp³-hybridized carbons (Fsp3) is 0.304. The van der Waals surface area contributed by atoms with Gasteiger partial charge in [0, 0.05) is 23.8 Å². The second-order valence-electron chi connectivity index (χ2n) is 7.38. The van der Waals surface area contributed by atoms with Crippen LogP contribution in [0.25, 0.3) is 10.9 Å². The monoisotopic (exact) mass is 378 g/mol. The number of H-pyrrole nitrogens is 1. The number of ether oxygens (including phenoxy) is 1. The first-order valence-electron chi connectivity index (χ1n) is 9.54. The van der Waals surface area contributed by atoms with Gasteiger partial charge in [-0.15, -0.1) is 0 Å². The molecule has 3 rings (SSSR count). The number of ketones is 1. The Morgan fingerprint density at radius 2 is 1.64 bits per heavy atom. The van der Waals surface area contributed by atoms with Crippen molar-refractivity contribution < 1.29 is 14.3 Å². The Balaban J connectivity index is 1.94. The lowest BCUT2D eigenvalue weighted by Crippen LogP contribution is -2.45. The summed E-state index contributed by atoms with van der Waals surface area (Å²) in [6.07, 6.45) is 1.60. The van der Waals surface area contributed by atoms with Crippen molar-refractivity contribution in [2.24, 2.45) is 0 Å². The number of aromatic amines is 1. The van der Waals surface area contributed by atoms with Crippen LogP contribution in [-0.2, 0) is 11.4 Å². The average Bonchev–Trinajstić information content (AvgIpc) is 3.10. The molecule has 0 unspecified atom stereocenters. The summed E-state index contributed by atoms with van der Waals surface area (Å²) >= 11 is 0. The molecule has 0 saturated carbocycles. The van der Waals surface area contributed by atoms with Crippen LogP contribution in [0.4, 0.5) is 0 Å². The highest BCUT2D eigenvalue weighted by molar-refractivity contribution is 6.45. The van der Waals surface area contributed by atoms with Crippen molar-refractivity contribution in [3.63, 3.8) is 0 Å². The minimum Gasteiger partial charge on any atom is -0.488 e. The van der Waals surface area contributed by atoms with Crippen LogP contribution in [0, 0.1) is 0 Å². The van der Waals surface area contributed by atoms with Crippen molar-refractivity contribution in [2.75, 3.05) is 0 Å². The van der Waals surface area contributed by atoms with Crippen molar-refractivity contribution in [3.05, 3.63) is 65.9 Å². The lowest BCUT2D eigenvalue weighted by molar-refractivity contribution is -0.129. The lowest BCUT2D eigenvalue weighted by Gasteiger charge is -2.30. The molecule has 28 heavy (non-hydrogen) atoms. The molecule has 0 spiro atoms. The summed E-state index contributed by atoms with van der Waals surface area (Å²) in [7, 11) is 0. The zero-order valence-corrected chi connectivity index (χ0v) is 16.7. The number of Topliss-reactive ketones (excluding diaryl/α,β-unsaturated/α-hetero) is 1. The van der Waals surface area contributed by atoms with Gasteiger partial charge in [0.05, 0.1) is 10.9 Å². The zero-order chi connectivity index (χ0) is 20.3. The van der Waals surface area contributed by atoms with Gasteiger partial charge in [0.15, 0.2) is 0 Å². The van der Waals surface area contributed by atoms with Crippen molar-refractivity contribution in [1.82, 2.24) is 9.88 Å². The molecule has 2 aromatic carbocycles. The highest BCUT2D eigenvalue weighted by Crippen LogP contribution is 2.30. The molecule has 0 aliphatic heterocycles. The number of aromatic nitrogens is 1. The minimum atomic E-state index is -0.524. The quantitative estimate of drug-likeness (QED) is 0.484. The first-order chi connectivity index (χ1) is 13.4.